The van der Waals surface area contributed by atoms with Crippen LogP contribution < -0.4 is 0 Å². The summed E-state index contributed by atoms with van der Waals surface area (Å²) in [5.41, 5.74) is 0.215. The molecule has 30 heavy (non-hydrogen) atoms. The normalized spacial score (nSPS) is 14.5. The number of pyridine rings is 1. The summed E-state index contributed by atoms with van der Waals surface area (Å²) in [7, 11) is 0. The average Bonchev–Trinajstić information content (AvgIpc) is 3.22. The number of H-pyrrole nitrogens is 1. The van der Waals surface area contributed by atoms with Gasteiger partial charge in [-0.25, -0.2) is 9.37 Å². The van der Waals surface area contributed by atoms with Crippen molar-refractivity contribution in [2.24, 2.45) is 0 Å². The van der Waals surface area contributed by atoms with E-state index < -0.39 is 17.5 Å². The van der Waals surface area contributed by atoms with Crippen LogP contribution in [0.25, 0.3) is 10.9 Å². The standard InChI is InChI=1S/C21H19FN4O4/c1-3-5-13(4-2)20(29)25-6-8-26(9-7-25)21(30)19(28)14-10-24-18-16(12-27)23-11-15(22)17(14)18/h3-5,10-12,24H,1-2,6-9H2/b13-5+. The first-order chi connectivity index (χ1) is 14.4. The zero-order chi connectivity index (χ0) is 21.8. The van der Waals surface area contributed by atoms with Crippen LogP contribution in [-0.2, 0) is 9.59 Å². The van der Waals surface area contributed by atoms with Crippen LogP contribution in [-0.4, -0.2) is 69.8 Å². The van der Waals surface area contributed by atoms with Gasteiger partial charge in [-0.3, -0.25) is 19.2 Å². The van der Waals surface area contributed by atoms with Crippen LogP contribution in [0.2, 0.25) is 0 Å². The van der Waals surface area contributed by atoms with Crippen LogP contribution in [0.1, 0.15) is 20.8 Å². The van der Waals surface area contributed by atoms with E-state index in [2.05, 4.69) is 23.1 Å². The number of amides is 2. The fraction of sp³-hybridized carbons (Fsp3) is 0.190. The predicted molar refractivity (Wildman–Crippen MR) is 107 cm³/mol. The third kappa shape index (κ3) is 3.69. The molecule has 0 atom stereocenters. The molecular weight excluding hydrogens is 391 g/mol. The molecule has 2 aromatic heterocycles. The first kappa shape index (κ1) is 20.8. The Balaban J connectivity index is 1.75. The number of allylic oxidation sites excluding steroid dienone is 2. The molecule has 9 heteroatoms. The number of halogens is 1. The Labute approximate surface area is 171 Å². The van der Waals surface area contributed by atoms with Crippen molar-refractivity contribution in [3.05, 3.63) is 66.4 Å². The molecule has 0 spiro atoms. The maximum absolute atomic E-state index is 14.2. The molecule has 1 aliphatic rings. The van der Waals surface area contributed by atoms with Crippen molar-refractivity contribution < 1.29 is 23.6 Å². The molecule has 0 aromatic carbocycles. The minimum Gasteiger partial charge on any atom is -0.358 e. The number of fused-ring (bicyclic) bond motifs is 1. The SMILES string of the molecule is C=C/C=C(\C=C)C(=O)N1CCN(C(=O)C(=O)c2c[nH]c3c(C=O)ncc(F)c23)CC1. The van der Waals surface area contributed by atoms with Crippen LogP contribution in [0.5, 0.6) is 0 Å². The van der Waals surface area contributed by atoms with E-state index in [1.54, 1.807) is 11.0 Å². The van der Waals surface area contributed by atoms with Crippen LogP contribution in [0.15, 0.2) is 49.4 Å². The number of hydrogen-bond donors (Lipinski definition) is 1. The molecule has 1 fully saturated rings. The summed E-state index contributed by atoms with van der Waals surface area (Å²) in [6.45, 7) is 7.94. The topological polar surface area (TPSA) is 103 Å². The minimum atomic E-state index is -0.902. The van der Waals surface area contributed by atoms with Crippen molar-refractivity contribution in [3.8, 4) is 0 Å². The van der Waals surface area contributed by atoms with E-state index in [9.17, 15) is 23.6 Å². The quantitative estimate of drug-likeness (QED) is 0.257. The fourth-order valence-corrected chi connectivity index (χ4v) is 3.30. The number of nitrogens with one attached hydrogen (secondary N) is 1. The van der Waals surface area contributed by atoms with Crippen molar-refractivity contribution in [3.63, 3.8) is 0 Å². The number of rotatable bonds is 6. The van der Waals surface area contributed by atoms with Gasteiger partial charge in [0.05, 0.1) is 22.7 Å². The number of aldehydes is 1. The van der Waals surface area contributed by atoms with Gasteiger partial charge >= 0.3 is 0 Å². The maximum Gasteiger partial charge on any atom is 0.295 e. The lowest BCUT2D eigenvalue weighted by Crippen LogP contribution is -2.52. The number of aromatic nitrogens is 2. The summed E-state index contributed by atoms with van der Waals surface area (Å²) < 4.78 is 14.2. The van der Waals surface area contributed by atoms with Gasteiger partial charge in [-0.2, -0.15) is 0 Å². The molecule has 0 unspecified atom stereocenters. The number of piperazine rings is 1. The van der Waals surface area contributed by atoms with Crippen molar-refractivity contribution in [1.29, 1.82) is 0 Å². The number of ketones is 1. The summed E-state index contributed by atoms with van der Waals surface area (Å²) >= 11 is 0. The molecule has 0 bridgehead atoms. The Bertz CT molecular complexity index is 1090. The molecule has 0 aliphatic carbocycles. The van der Waals surface area contributed by atoms with E-state index in [0.29, 0.717) is 11.9 Å². The molecular formula is C21H19FN4O4. The van der Waals surface area contributed by atoms with Crippen molar-refractivity contribution in [2.75, 3.05) is 26.2 Å². The highest BCUT2D eigenvalue weighted by Crippen LogP contribution is 2.24. The Hall–Kier alpha value is -3.88. The highest BCUT2D eigenvalue weighted by atomic mass is 19.1. The van der Waals surface area contributed by atoms with Crippen LogP contribution in [0, 0.1) is 5.82 Å². The molecule has 2 amide bonds. The van der Waals surface area contributed by atoms with Gasteiger partial charge in [0.25, 0.3) is 17.6 Å². The van der Waals surface area contributed by atoms with Gasteiger partial charge < -0.3 is 14.8 Å². The van der Waals surface area contributed by atoms with Gasteiger partial charge in [0.15, 0.2) is 12.1 Å². The van der Waals surface area contributed by atoms with E-state index in [4.69, 9.17) is 0 Å². The van der Waals surface area contributed by atoms with Gasteiger partial charge in [-0.05, 0) is 0 Å². The lowest BCUT2D eigenvalue weighted by atomic mass is 10.1. The molecule has 0 saturated carbocycles. The van der Waals surface area contributed by atoms with Crippen molar-refractivity contribution in [1.82, 2.24) is 19.8 Å². The van der Waals surface area contributed by atoms with Crippen LogP contribution in [0.3, 0.4) is 0 Å². The van der Waals surface area contributed by atoms with Crippen molar-refractivity contribution >= 4 is 34.8 Å². The summed E-state index contributed by atoms with van der Waals surface area (Å²) in [6.07, 6.45) is 6.92. The van der Waals surface area contributed by atoms with Gasteiger partial charge in [-0.1, -0.05) is 31.4 Å². The Kier molecular flexibility index (Phi) is 6.01. The summed E-state index contributed by atoms with van der Waals surface area (Å²) in [5.74, 6) is -2.76. The van der Waals surface area contributed by atoms with Crippen molar-refractivity contribution in [2.45, 2.75) is 0 Å². The number of hydrogen-bond acceptors (Lipinski definition) is 5. The number of nitrogens with zero attached hydrogens (tertiary/aromatic N) is 3. The molecule has 3 rings (SSSR count). The fourth-order valence-electron chi connectivity index (χ4n) is 3.30. The molecule has 154 valence electrons. The zero-order valence-corrected chi connectivity index (χ0v) is 16.1. The summed E-state index contributed by atoms with van der Waals surface area (Å²) in [5, 5.41) is -0.149. The number of carbonyl (C=O) groups is 4. The third-order valence-electron chi connectivity index (χ3n) is 4.86. The highest BCUT2D eigenvalue weighted by Gasteiger charge is 2.31. The van der Waals surface area contributed by atoms with Crippen LogP contribution >= 0.6 is 0 Å². The monoisotopic (exact) mass is 410 g/mol. The lowest BCUT2D eigenvalue weighted by Gasteiger charge is -2.34. The second-order valence-electron chi connectivity index (χ2n) is 6.54. The zero-order valence-electron chi connectivity index (χ0n) is 16.1. The first-order valence-corrected chi connectivity index (χ1v) is 9.11. The molecule has 3 heterocycles. The molecule has 1 aliphatic heterocycles. The largest absolute Gasteiger partial charge is 0.358 e. The maximum atomic E-state index is 14.2. The Morgan fingerprint density at radius 2 is 1.73 bits per heavy atom. The van der Waals surface area contributed by atoms with E-state index in [1.807, 2.05) is 0 Å². The number of aromatic amines is 1. The minimum absolute atomic E-state index is 0.0579. The Morgan fingerprint density at radius 1 is 1.10 bits per heavy atom. The smallest absolute Gasteiger partial charge is 0.295 e. The second-order valence-corrected chi connectivity index (χ2v) is 6.54. The summed E-state index contributed by atoms with van der Waals surface area (Å²) in [4.78, 5) is 58.1. The molecule has 8 nitrogen and oxygen atoms in total. The Morgan fingerprint density at radius 3 is 2.30 bits per heavy atom. The van der Waals surface area contributed by atoms with Gasteiger partial charge in [-0.15, -0.1) is 0 Å². The third-order valence-corrected chi connectivity index (χ3v) is 4.86. The van der Waals surface area contributed by atoms with E-state index >= 15 is 0 Å². The van der Waals surface area contributed by atoms with E-state index in [-0.39, 0.29) is 54.2 Å². The highest BCUT2D eigenvalue weighted by molar-refractivity contribution is 6.45. The number of Topliss-reactive ketones (excluding diaryl/α,β-unsaturated/α-hetero) is 1. The van der Waals surface area contributed by atoms with E-state index in [1.165, 1.54) is 23.2 Å². The van der Waals surface area contributed by atoms with E-state index in [0.717, 1.165) is 6.20 Å². The number of carbonyl (C=O) groups excluding carboxylic acids is 4. The summed E-state index contributed by atoms with van der Waals surface area (Å²) in [6, 6.07) is 0. The van der Waals surface area contributed by atoms with Gasteiger partial charge in [0.1, 0.15) is 5.69 Å². The average molecular weight is 410 g/mol. The molecule has 1 saturated heterocycles. The molecule has 1 N–H and O–H groups in total. The van der Waals surface area contributed by atoms with Gasteiger partial charge in [0, 0.05) is 37.9 Å². The molecule has 2 aromatic rings. The lowest BCUT2D eigenvalue weighted by molar-refractivity contribution is -0.134. The molecule has 0 radical (unpaired) electrons. The van der Waals surface area contributed by atoms with Gasteiger partial charge in [0.2, 0.25) is 0 Å². The predicted octanol–water partition coefficient (Wildman–Crippen LogP) is 1.67. The van der Waals surface area contributed by atoms with Crippen LogP contribution in [0.4, 0.5) is 4.39 Å². The first-order valence-electron chi connectivity index (χ1n) is 9.11. The second kappa shape index (κ2) is 8.64.